The maximum Gasteiger partial charge on any atom is 0.408 e. The van der Waals surface area contributed by atoms with Gasteiger partial charge in [0.25, 0.3) is 0 Å². The minimum Gasteiger partial charge on any atom is -0.459 e. The number of rotatable bonds is 10. The Morgan fingerprint density at radius 3 is 1.62 bits per heavy atom. The molecular formula is C30H34N2O5. The minimum atomic E-state index is -0.961. The summed E-state index contributed by atoms with van der Waals surface area (Å²) in [5, 5.41) is 5.47. The Hall–Kier alpha value is -4.13. The van der Waals surface area contributed by atoms with Gasteiger partial charge in [0.05, 0.1) is 0 Å². The molecule has 2 atom stereocenters. The zero-order valence-corrected chi connectivity index (χ0v) is 21.5. The van der Waals surface area contributed by atoms with Crippen LogP contribution in [-0.2, 0) is 38.5 Å². The number of esters is 1. The highest BCUT2D eigenvalue weighted by Crippen LogP contribution is 2.11. The molecule has 0 aliphatic carbocycles. The van der Waals surface area contributed by atoms with Crippen molar-refractivity contribution in [1.29, 1.82) is 0 Å². The van der Waals surface area contributed by atoms with Gasteiger partial charge in [-0.2, -0.15) is 0 Å². The molecule has 0 aromatic heterocycles. The van der Waals surface area contributed by atoms with Crippen molar-refractivity contribution in [2.24, 2.45) is 0 Å². The molecule has 7 nitrogen and oxygen atoms in total. The molecule has 194 valence electrons. The molecule has 0 saturated heterocycles. The smallest absolute Gasteiger partial charge is 0.408 e. The summed E-state index contributed by atoms with van der Waals surface area (Å²) in [6.07, 6.45) is -0.247. The van der Waals surface area contributed by atoms with Crippen molar-refractivity contribution < 1.29 is 23.9 Å². The number of ether oxygens (including phenoxy) is 2. The van der Waals surface area contributed by atoms with E-state index in [-0.39, 0.29) is 19.4 Å². The van der Waals surface area contributed by atoms with Crippen LogP contribution < -0.4 is 10.6 Å². The SMILES string of the molecule is CC(C)(C)OC(=O)N[C@H](Cc1ccccc1)C(=O)NC(Cc1ccccc1)C(=O)OCc1ccccc1. The van der Waals surface area contributed by atoms with E-state index in [0.717, 1.165) is 16.7 Å². The summed E-state index contributed by atoms with van der Waals surface area (Å²) in [5.41, 5.74) is 1.83. The number of carbonyl (C=O) groups is 3. The van der Waals surface area contributed by atoms with Crippen molar-refractivity contribution >= 4 is 18.0 Å². The van der Waals surface area contributed by atoms with E-state index in [1.807, 2.05) is 91.0 Å². The molecule has 7 heteroatoms. The molecule has 3 rings (SSSR count). The summed E-state index contributed by atoms with van der Waals surface area (Å²) < 4.78 is 10.9. The number of hydrogen-bond acceptors (Lipinski definition) is 5. The lowest BCUT2D eigenvalue weighted by molar-refractivity contribution is -0.149. The normalized spacial score (nSPS) is 12.6. The fraction of sp³-hybridized carbons (Fsp3) is 0.300. The Bertz CT molecular complexity index is 1140. The van der Waals surface area contributed by atoms with E-state index in [1.165, 1.54) is 0 Å². The molecule has 0 aliphatic heterocycles. The number of nitrogens with one attached hydrogen (secondary N) is 2. The van der Waals surface area contributed by atoms with Crippen LogP contribution in [0.3, 0.4) is 0 Å². The van der Waals surface area contributed by atoms with Crippen LogP contribution in [0.2, 0.25) is 0 Å². The van der Waals surface area contributed by atoms with Gasteiger partial charge in [-0.05, 0) is 37.5 Å². The topological polar surface area (TPSA) is 93.7 Å². The summed E-state index contributed by atoms with van der Waals surface area (Å²) in [4.78, 5) is 39.1. The number of alkyl carbamates (subject to hydrolysis) is 1. The Morgan fingerprint density at radius 1 is 0.676 bits per heavy atom. The minimum absolute atomic E-state index is 0.0877. The molecule has 0 aliphatic rings. The predicted octanol–water partition coefficient (Wildman–Crippen LogP) is 4.59. The molecule has 0 spiro atoms. The van der Waals surface area contributed by atoms with Gasteiger partial charge in [-0.25, -0.2) is 9.59 Å². The molecule has 3 aromatic rings. The Balaban J connectivity index is 1.77. The van der Waals surface area contributed by atoms with Gasteiger partial charge >= 0.3 is 12.1 Å². The van der Waals surface area contributed by atoms with Gasteiger partial charge in [-0.1, -0.05) is 91.0 Å². The molecule has 0 heterocycles. The highest BCUT2D eigenvalue weighted by atomic mass is 16.6. The first-order valence-electron chi connectivity index (χ1n) is 12.3. The average molecular weight is 503 g/mol. The second-order valence-corrected chi connectivity index (χ2v) is 9.73. The lowest BCUT2D eigenvalue weighted by Gasteiger charge is -2.25. The lowest BCUT2D eigenvalue weighted by Crippen LogP contribution is -2.54. The fourth-order valence-electron chi connectivity index (χ4n) is 3.65. The van der Waals surface area contributed by atoms with E-state index in [1.54, 1.807) is 20.8 Å². The zero-order chi connectivity index (χ0) is 26.7. The predicted molar refractivity (Wildman–Crippen MR) is 142 cm³/mol. The van der Waals surface area contributed by atoms with Crippen molar-refractivity contribution in [3.63, 3.8) is 0 Å². The Labute approximate surface area is 218 Å². The molecule has 0 radical (unpaired) electrons. The lowest BCUT2D eigenvalue weighted by atomic mass is 10.0. The maximum absolute atomic E-state index is 13.4. The number of amides is 2. The monoisotopic (exact) mass is 502 g/mol. The van der Waals surface area contributed by atoms with E-state index in [9.17, 15) is 14.4 Å². The van der Waals surface area contributed by atoms with Crippen LogP contribution in [0.15, 0.2) is 91.0 Å². The van der Waals surface area contributed by atoms with Gasteiger partial charge < -0.3 is 20.1 Å². The van der Waals surface area contributed by atoms with Crippen molar-refractivity contribution in [1.82, 2.24) is 10.6 Å². The molecular weight excluding hydrogens is 468 g/mol. The molecule has 2 amide bonds. The van der Waals surface area contributed by atoms with Crippen molar-refractivity contribution in [2.75, 3.05) is 0 Å². The highest BCUT2D eigenvalue weighted by molar-refractivity contribution is 5.90. The third-order valence-electron chi connectivity index (χ3n) is 5.40. The molecule has 0 fully saturated rings. The quantitative estimate of drug-likeness (QED) is 0.396. The van der Waals surface area contributed by atoms with Gasteiger partial charge in [0.15, 0.2) is 0 Å². The van der Waals surface area contributed by atoms with Gasteiger partial charge in [-0.15, -0.1) is 0 Å². The van der Waals surface area contributed by atoms with Crippen molar-refractivity contribution in [3.05, 3.63) is 108 Å². The second-order valence-electron chi connectivity index (χ2n) is 9.73. The van der Waals surface area contributed by atoms with E-state index in [0.29, 0.717) is 0 Å². The van der Waals surface area contributed by atoms with Crippen molar-refractivity contribution in [3.8, 4) is 0 Å². The van der Waals surface area contributed by atoms with Crippen LogP contribution in [0.4, 0.5) is 4.79 Å². The third kappa shape index (κ3) is 9.80. The molecule has 2 N–H and O–H groups in total. The first-order valence-corrected chi connectivity index (χ1v) is 12.3. The Kier molecular flexibility index (Phi) is 9.84. The highest BCUT2D eigenvalue weighted by Gasteiger charge is 2.29. The van der Waals surface area contributed by atoms with E-state index in [2.05, 4.69) is 10.6 Å². The summed E-state index contributed by atoms with van der Waals surface area (Å²) in [6, 6.07) is 26.1. The largest absolute Gasteiger partial charge is 0.459 e. The summed E-state index contributed by atoms with van der Waals surface area (Å²) in [5.74, 6) is -1.07. The van der Waals surface area contributed by atoms with E-state index in [4.69, 9.17) is 9.47 Å². The maximum atomic E-state index is 13.4. The first kappa shape index (κ1) is 27.5. The van der Waals surface area contributed by atoms with Gasteiger partial charge in [0.2, 0.25) is 5.91 Å². The summed E-state index contributed by atoms with van der Waals surface area (Å²) >= 11 is 0. The van der Waals surface area contributed by atoms with Gasteiger partial charge in [0.1, 0.15) is 24.3 Å². The fourth-order valence-corrected chi connectivity index (χ4v) is 3.65. The van der Waals surface area contributed by atoms with Crippen LogP contribution >= 0.6 is 0 Å². The molecule has 1 unspecified atom stereocenters. The summed E-state index contributed by atoms with van der Waals surface area (Å²) in [6.45, 7) is 5.33. The Morgan fingerprint density at radius 2 is 1.14 bits per heavy atom. The third-order valence-corrected chi connectivity index (χ3v) is 5.40. The van der Waals surface area contributed by atoms with Crippen LogP contribution in [0.5, 0.6) is 0 Å². The second kappa shape index (κ2) is 13.3. The molecule has 0 saturated carbocycles. The van der Waals surface area contributed by atoms with E-state index < -0.39 is 35.7 Å². The van der Waals surface area contributed by atoms with Crippen LogP contribution in [0.1, 0.15) is 37.5 Å². The number of carbonyl (C=O) groups excluding carboxylic acids is 3. The zero-order valence-electron chi connectivity index (χ0n) is 21.5. The first-order chi connectivity index (χ1) is 17.7. The van der Waals surface area contributed by atoms with Crippen LogP contribution in [0, 0.1) is 0 Å². The van der Waals surface area contributed by atoms with E-state index >= 15 is 0 Å². The van der Waals surface area contributed by atoms with Crippen molar-refractivity contribution in [2.45, 2.75) is 57.9 Å². The number of hydrogen-bond donors (Lipinski definition) is 2. The van der Waals surface area contributed by atoms with Gasteiger partial charge in [-0.3, -0.25) is 4.79 Å². The molecule has 3 aromatic carbocycles. The summed E-state index contributed by atoms with van der Waals surface area (Å²) in [7, 11) is 0. The standard InChI is InChI=1S/C30H34N2O5/c1-30(2,3)37-29(35)32-25(19-22-13-7-4-8-14-22)27(33)31-26(20-23-15-9-5-10-16-23)28(34)36-21-24-17-11-6-12-18-24/h4-18,25-26H,19-21H2,1-3H3,(H,31,33)(H,32,35)/t25-,26?/m1/s1. The van der Waals surface area contributed by atoms with Gasteiger partial charge in [0, 0.05) is 12.8 Å². The molecule has 37 heavy (non-hydrogen) atoms. The average Bonchev–Trinajstić information content (AvgIpc) is 2.87. The van der Waals surface area contributed by atoms with Crippen LogP contribution in [-0.4, -0.2) is 35.7 Å². The molecule has 0 bridgehead atoms. The number of benzene rings is 3. The van der Waals surface area contributed by atoms with Crippen LogP contribution in [0.25, 0.3) is 0 Å².